The third-order valence-electron chi connectivity index (χ3n) is 5.16. The normalized spacial score (nSPS) is 11.9. The number of nitrogens with zero attached hydrogens (tertiary/aromatic N) is 3. The molecular weight excluding hydrogens is 612 g/mol. The summed E-state index contributed by atoms with van der Waals surface area (Å²) < 4.78 is 1.81. The van der Waals surface area contributed by atoms with Crippen molar-refractivity contribution in [2.75, 3.05) is 11.1 Å². The first-order valence-corrected chi connectivity index (χ1v) is 14.2. The maximum Gasteiger partial charge on any atom is 0.253 e. The number of benzene rings is 2. The smallest absolute Gasteiger partial charge is 0.253 e. The van der Waals surface area contributed by atoms with Gasteiger partial charge in [0.05, 0.1) is 38.1 Å². The monoisotopic (exact) mass is 633 g/mol. The molecule has 0 unspecified atom stereocenters. The number of thioether (sulfide) groups is 1. The van der Waals surface area contributed by atoms with Crippen molar-refractivity contribution in [1.29, 1.82) is 0 Å². The number of rotatable bonds is 11. The third-order valence-corrected chi connectivity index (χ3v) is 7.49. The van der Waals surface area contributed by atoms with Crippen LogP contribution in [0.5, 0.6) is 0 Å². The van der Waals surface area contributed by atoms with E-state index in [9.17, 15) is 9.59 Å². The summed E-state index contributed by atoms with van der Waals surface area (Å²) in [6.45, 7) is 8.26. The molecule has 2 amide bonds. The zero-order valence-electron chi connectivity index (χ0n) is 20.4. The molecule has 202 valence electrons. The molecule has 13 heteroatoms. The van der Waals surface area contributed by atoms with Gasteiger partial charge in [-0.25, -0.2) is 0 Å². The molecular formula is C25H24Cl5N5O2S. The Kier molecular flexibility index (Phi) is 11.2. The van der Waals surface area contributed by atoms with E-state index in [0.717, 1.165) is 0 Å². The van der Waals surface area contributed by atoms with E-state index in [4.69, 9.17) is 58.0 Å². The summed E-state index contributed by atoms with van der Waals surface area (Å²) in [5.41, 5.74) is 0.572. The Hall–Kier alpha value is -1.94. The lowest BCUT2D eigenvalue weighted by molar-refractivity contribution is -0.113. The Balaban J connectivity index is 1.80. The van der Waals surface area contributed by atoms with Gasteiger partial charge in [-0.3, -0.25) is 9.59 Å². The van der Waals surface area contributed by atoms with E-state index in [-0.39, 0.29) is 44.2 Å². The van der Waals surface area contributed by atoms with Crippen LogP contribution in [0.2, 0.25) is 25.1 Å². The van der Waals surface area contributed by atoms with E-state index < -0.39 is 6.04 Å². The lowest BCUT2D eigenvalue weighted by Crippen LogP contribution is -2.32. The molecule has 2 aromatic carbocycles. The van der Waals surface area contributed by atoms with Crippen molar-refractivity contribution in [1.82, 2.24) is 20.1 Å². The molecule has 3 rings (SSSR count). The minimum atomic E-state index is -0.475. The SMILES string of the molecule is C=CCn1c(SCC(=O)Nc2c(Cl)cc(Cl)cc2Cl)nnc1[C@H](CC(C)C)NC(=O)c1ccc(Cl)cc1Cl. The number of amides is 2. The van der Waals surface area contributed by atoms with Crippen LogP contribution < -0.4 is 10.6 Å². The molecule has 38 heavy (non-hydrogen) atoms. The number of hydrogen-bond acceptors (Lipinski definition) is 5. The van der Waals surface area contributed by atoms with Gasteiger partial charge in [-0.2, -0.15) is 0 Å². The second kappa shape index (κ2) is 13.9. The highest BCUT2D eigenvalue weighted by Crippen LogP contribution is 2.34. The fourth-order valence-corrected chi connectivity index (χ4v) is 5.70. The topological polar surface area (TPSA) is 88.9 Å². The second-order valence-corrected chi connectivity index (χ2v) is 11.6. The van der Waals surface area contributed by atoms with Crippen LogP contribution in [0.4, 0.5) is 5.69 Å². The summed E-state index contributed by atoms with van der Waals surface area (Å²) in [7, 11) is 0. The van der Waals surface area contributed by atoms with Crippen molar-refractivity contribution < 1.29 is 9.59 Å². The van der Waals surface area contributed by atoms with E-state index in [1.54, 1.807) is 18.2 Å². The molecule has 1 heterocycles. The van der Waals surface area contributed by atoms with Crippen LogP contribution >= 0.6 is 69.8 Å². The van der Waals surface area contributed by atoms with Gasteiger partial charge in [0, 0.05) is 16.6 Å². The number of carbonyl (C=O) groups excluding carboxylic acids is 2. The van der Waals surface area contributed by atoms with Crippen molar-refractivity contribution in [3.63, 3.8) is 0 Å². The molecule has 0 aliphatic carbocycles. The number of anilines is 1. The predicted octanol–water partition coefficient (Wildman–Crippen LogP) is 7.98. The first-order valence-electron chi connectivity index (χ1n) is 11.4. The maximum absolute atomic E-state index is 13.1. The fraction of sp³-hybridized carbons (Fsp3) is 0.280. The molecule has 0 radical (unpaired) electrons. The first kappa shape index (κ1) is 30.6. The molecule has 3 aromatic rings. The molecule has 0 fully saturated rings. The molecule has 7 nitrogen and oxygen atoms in total. The van der Waals surface area contributed by atoms with Crippen LogP contribution in [-0.2, 0) is 11.3 Å². The average molecular weight is 636 g/mol. The Morgan fingerprint density at radius 3 is 2.29 bits per heavy atom. The highest BCUT2D eigenvalue weighted by atomic mass is 35.5. The van der Waals surface area contributed by atoms with Gasteiger partial charge in [0.15, 0.2) is 11.0 Å². The van der Waals surface area contributed by atoms with Crippen LogP contribution in [0.3, 0.4) is 0 Å². The summed E-state index contributed by atoms with van der Waals surface area (Å²) in [5, 5.41) is 16.3. The van der Waals surface area contributed by atoms with Gasteiger partial charge in [-0.15, -0.1) is 16.8 Å². The Bertz CT molecular complexity index is 1320. The van der Waals surface area contributed by atoms with E-state index in [2.05, 4.69) is 27.4 Å². The molecule has 2 N–H and O–H groups in total. The predicted molar refractivity (Wildman–Crippen MR) is 157 cm³/mol. The van der Waals surface area contributed by atoms with Crippen molar-refractivity contribution in [2.24, 2.45) is 5.92 Å². The zero-order chi connectivity index (χ0) is 28.0. The highest BCUT2D eigenvalue weighted by Gasteiger charge is 2.25. The molecule has 0 saturated carbocycles. The molecule has 0 saturated heterocycles. The first-order chi connectivity index (χ1) is 18.0. The van der Waals surface area contributed by atoms with Gasteiger partial charge in [-0.1, -0.05) is 89.7 Å². The number of nitrogens with one attached hydrogen (secondary N) is 2. The zero-order valence-corrected chi connectivity index (χ0v) is 25.0. The van der Waals surface area contributed by atoms with E-state index in [0.29, 0.717) is 39.6 Å². The van der Waals surface area contributed by atoms with Crippen LogP contribution in [0.15, 0.2) is 48.1 Å². The summed E-state index contributed by atoms with van der Waals surface area (Å²) in [5.74, 6) is 0.0527. The Morgan fingerprint density at radius 2 is 1.68 bits per heavy atom. The Labute approximate surface area is 250 Å². The Morgan fingerprint density at radius 1 is 1.03 bits per heavy atom. The van der Waals surface area contributed by atoms with E-state index in [1.807, 2.05) is 18.4 Å². The summed E-state index contributed by atoms with van der Waals surface area (Å²) >= 11 is 31.7. The minimum Gasteiger partial charge on any atom is -0.342 e. The number of allylic oxidation sites excluding steroid dienone is 1. The molecule has 0 spiro atoms. The van der Waals surface area contributed by atoms with Crippen LogP contribution in [0.25, 0.3) is 0 Å². The van der Waals surface area contributed by atoms with Crippen molar-refractivity contribution >= 4 is 87.3 Å². The standard InChI is InChI=1S/C25H24Cl5N5O2S/c1-4-7-35-23(20(8-13(2)3)31-24(37)16-6-5-14(26)9-17(16)28)33-34-25(35)38-12-21(36)32-22-18(29)10-15(27)11-19(22)30/h4-6,9-11,13,20H,1,7-8,12H2,2-3H3,(H,31,37)(H,32,36)/t20-/m0/s1. The van der Waals surface area contributed by atoms with Crippen molar-refractivity contribution in [3.05, 3.63) is 79.5 Å². The molecule has 0 aliphatic rings. The van der Waals surface area contributed by atoms with Crippen LogP contribution in [-0.4, -0.2) is 32.3 Å². The minimum absolute atomic E-state index is 0.00610. The molecule has 1 aromatic heterocycles. The summed E-state index contributed by atoms with van der Waals surface area (Å²) in [6.07, 6.45) is 2.28. The van der Waals surface area contributed by atoms with Gasteiger partial charge in [0.1, 0.15) is 0 Å². The lowest BCUT2D eigenvalue weighted by Gasteiger charge is -2.21. The van der Waals surface area contributed by atoms with E-state index >= 15 is 0 Å². The van der Waals surface area contributed by atoms with Gasteiger partial charge in [0.2, 0.25) is 5.91 Å². The average Bonchev–Trinajstić information content (AvgIpc) is 3.22. The summed E-state index contributed by atoms with van der Waals surface area (Å²) in [4.78, 5) is 25.7. The van der Waals surface area contributed by atoms with Gasteiger partial charge < -0.3 is 15.2 Å². The quantitative estimate of drug-likeness (QED) is 0.165. The van der Waals surface area contributed by atoms with Crippen molar-refractivity contribution in [2.45, 2.75) is 38.0 Å². The molecule has 1 atom stereocenters. The number of carbonyl (C=O) groups is 2. The molecule has 0 aliphatic heterocycles. The third kappa shape index (κ3) is 8.04. The number of aromatic nitrogens is 3. The van der Waals surface area contributed by atoms with Crippen LogP contribution in [0.1, 0.15) is 42.5 Å². The van der Waals surface area contributed by atoms with E-state index in [1.165, 1.54) is 30.0 Å². The van der Waals surface area contributed by atoms with Gasteiger partial charge >= 0.3 is 0 Å². The molecule has 0 bridgehead atoms. The largest absolute Gasteiger partial charge is 0.342 e. The number of hydrogen-bond donors (Lipinski definition) is 2. The van der Waals surface area contributed by atoms with Gasteiger partial charge in [-0.05, 0) is 42.7 Å². The summed E-state index contributed by atoms with van der Waals surface area (Å²) in [6, 6.07) is 7.19. The lowest BCUT2D eigenvalue weighted by atomic mass is 10.0. The fourth-order valence-electron chi connectivity index (χ4n) is 3.54. The van der Waals surface area contributed by atoms with Gasteiger partial charge in [0.25, 0.3) is 5.91 Å². The highest BCUT2D eigenvalue weighted by molar-refractivity contribution is 7.99. The second-order valence-electron chi connectivity index (χ2n) is 8.60. The van der Waals surface area contributed by atoms with Crippen molar-refractivity contribution in [3.8, 4) is 0 Å². The number of halogens is 5. The van der Waals surface area contributed by atoms with Crippen LogP contribution in [0, 0.1) is 5.92 Å². The maximum atomic E-state index is 13.1.